The summed E-state index contributed by atoms with van der Waals surface area (Å²) in [6.07, 6.45) is -11.7. The third-order valence-corrected chi connectivity index (χ3v) is 3.45. The van der Waals surface area contributed by atoms with Crippen LogP contribution in [0.1, 0.15) is 0 Å². The maximum absolute atomic E-state index is 11.9. The first-order valence-corrected chi connectivity index (χ1v) is 6.19. The van der Waals surface area contributed by atoms with E-state index in [1.165, 1.54) is 0 Å². The molecule has 10 heteroatoms. The molecular weight excluding hydrogens is 292 g/mol. The molecule has 0 spiro atoms. The molecule has 0 aromatic heterocycles. The topological polar surface area (TPSA) is 188 Å². The number of aliphatic hydroxyl groups excluding tert-OH is 7. The maximum atomic E-state index is 11.9. The highest BCUT2D eigenvalue weighted by Crippen LogP contribution is 2.26. The predicted molar refractivity (Wildman–Crippen MR) is 63.9 cm³/mol. The van der Waals surface area contributed by atoms with E-state index in [1.807, 2.05) is 0 Å². The van der Waals surface area contributed by atoms with Gasteiger partial charge in [-0.3, -0.25) is 4.79 Å². The van der Waals surface area contributed by atoms with Gasteiger partial charge in [-0.25, -0.2) is 0 Å². The number of carbonyl (C=O) groups is 1. The zero-order valence-corrected chi connectivity index (χ0v) is 11.0. The van der Waals surface area contributed by atoms with E-state index in [1.54, 1.807) is 0 Å². The van der Waals surface area contributed by atoms with Gasteiger partial charge in [0.25, 0.3) is 0 Å². The summed E-state index contributed by atoms with van der Waals surface area (Å²) < 4.78 is 4.80. The number of hydrogen-bond donors (Lipinski definition) is 8. The Kier molecular flexibility index (Phi) is 6.16. The summed E-state index contributed by atoms with van der Waals surface area (Å²) in [7, 11) is 0. The first kappa shape index (κ1) is 18.4. The average Bonchev–Trinajstić information content (AvgIpc) is 2.79. The van der Waals surface area contributed by atoms with Gasteiger partial charge in [0, 0.05) is 0 Å². The summed E-state index contributed by atoms with van der Waals surface area (Å²) in [6, 6.07) is 0. The molecule has 1 heterocycles. The first-order valence-electron chi connectivity index (χ1n) is 6.19. The molecular formula is C11H20O10. The fourth-order valence-electron chi connectivity index (χ4n) is 1.93. The number of Topliss-reactive ketones (excluding diaryl/α,β-unsaturated/α-hetero) is 1. The number of ether oxygens (including phenoxy) is 1. The molecule has 10 nitrogen and oxygen atoms in total. The number of rotatable bonds is 7. The van der Waals surface area contributed by atoms with Gasteiger partial charge in [0.1, 0.15) is 42.2 Å². The van der Waals surface area contributed by atoms with E-state index in [0.29, 0.717) is 0 Å². The second-order valence-corrected chi connectivity index (χ2v) is 5.02. The molecule has 1 rings (SSSR count). The lowest BCUT2D eigenvalue weighted by molar-refractivity contribution is -0.158. The van der Waals surface area contributed by atoms with Crippen molar-refractivity contribution in [2.24, 2.45) is 0 Å². The lowest BCUT2D eigenvalue weighted by Crippen LogP contribution is -2.54. The van der Waals surface area contributed by atoms with Crippen LogP contribution in [0.15, 0.2) is 0 Å². The molecule has 1 saturated heterocycles. The van der Waals surface area contributed by atoms with E-state index >= 15 is 0 Å². The van der Waals surface area contributed by atoms with Gasteiger partial charge in [-0.05, 0) is 0 Å². The van der Waals surface area contributed by atoms with Crippen LogP contribution < -0.4 is 0 Å². The molecule has 1 aliphatic rings. The van der Waals surface area contributed by atoms with E-state index < -0.39 is 67.8 Å². The van der Waals surface area contributed by atoms with Crippen molar-refractivity contribution in [3.63, 3.8) is 0 Å². The van der Waals surface area contributed by atoms with E-state index in [0.717, 1.165) is 0 Å². The Bertz CT molecular complexity index is 363. The first-order chi connectivity index (χ1) is 9.69. The second-order valence-electron chi connectivity index (χ2n) is 5.02. The highest BCUT2D eigenvalue weighted by molar-refractivity contribution is 5.88. The van der Waals surface area contributed by atoms with Crippen molar-refractivity contribution in [3.8, 4) is 0 Å². The molecule has 0 aromatic rings. The summed E-state index contributed by atoms with van der Waals surface area (Å²) in [5.41, 5.74) is -2.08. The minimum absolute atomic E-state index is 0.564. The summed E-state index contributed by atoms with van der Waals surface area (Å²) >= 11 is 0. The summed E-state index contributed by atoms with van der Waals surface area (Å²) in [5, 5.41) is 74.7. The number of aliphatic hydroxyl groups is 8. The third-order valence-electron chi connectivity index (χ3n) is 3.45. The van der Waals surface area contributed by atoms with Gasteiger partial charge < -0.3 is 45.6 Å². The average molecular weight is 312 g/mol. The quantitative estimate of drug-likeness (QED) is 0.225. The lowest BCUT2D eigenvalue weighted by Gasteiger charge is -2.28. The third kappa shape index (κ3) is 3.56. The molecule has 21 heavy (non-hydrogen) atoms. The van der Waals surface area contributed by atoms with Crippen LogP contribution in [0.5, 0.6) is 0 Å². The molecule has 7 atom stereocenters. The molecule has 2 unspecified atom stereocenters. The molecule has 1 aliphatic heterocycles. The zero-order chi connectivity index (χ0) is 16.4. The van der Waals surface area contributed by atoms with Gasteiger partial charge in [0.2, 0.25) is 0 Å². The Balaban J connectivity index is 2.75. The molecule has 0 aromatic carbocycles. The summed E-state index contributed by atoms with van der Waals surface area (Å²) in [6.45, 7) is -2.36. The van der Waals surface area contributed by atoms with Crippen LogP contribution in [0, 0.1) is 0 Å². The van der Waals surface area contributed by atoms with Crippen molar-refractivity contribution in [1.82, 2.24) is 0 Å². The Labute approximate surface area is 119 Å². The van der Waals surface area contributed by atoms with Crippen molar-refractivity contribution < 1.29 is 50.4 Å². The number of hydrogen-bond acceptors (Lipinski definition) is 10. The molecule has 0 saturated carbocycles. The molecule has 0 radical (unpaired) electrons. The van der Waals surface area contributed by atoms with Gasteiger partial charge in [-0.1, -0.05) is 0 Å². The van der Waals surface area contributed by atoms with E-state index in [4.69, 9.17) is 20.1 Å². The normalized spacial score (nSPS) is 35.2. The van der Waals surface area contributed by atoms with Crippen molar-refractivity contribution in [2.45, 2.75) is 42.2 Å². The minimum Gasteiger partial charge on any atom is -0.394 e. The van der Waals surface area contributed by atoms with E-state index in [2.05, 4.69) is 0 Å². The van der Waals surface area contributed by atoms with Crippen LogP contribution in [0.25, 0.3) is 0 Å². The van der Waals surface area contributed by atoms with Crippen LogP contribution in [-0.2, 0) is 9.53 Å². The summed E-state index contributed by atoms with van der Waals surface area (Å²) in [5.74, 6) is -1.25. The highest BCUT2D eigenvalue weighted by atomic mass is 16.5. The number of carbonyl (C=O) groups excluding carboxylic acids is 1. The van der Waals surface area contributed by atoms with Gasteiger partial charge in [-0.15, -0.1) is 0 Å². The summed E-state index contributed by atoms with van der Waals surface area (Å²) in [4.78, 5) is 11.9. The van der Waals surface area contributed by atoms with Gasteiger partial charge >= 0.3 is 0 Å². The molecule has 0 bridgehead atoms. The second kappa shape index (κ2) is 7.05. The minimum atomic E-state index is -2.23. The van der Waals surface area contributed by atoms with Gasteiger partial charge in [0.15, 0.2) is 5.78 Å². The van der Waals surface area contributed by atoms with E-state index in [9.17, 15) is 30.3 Å². The largest absolute Gasteiger partial charge is 0.394 e. The van der Waals surface area contributed by atoms with Crippen LogP contribution in [0.2, 0.25) is 0 Å². The van der Waals surface area contributed by atoms with Crippen molar-refractivity contribution in [2.75, 3.05) is 19.8 Å². The Morgan fingerprint density at radius 2 is 1.76 bits per heavy atom. The standard InChI is InChI=1S/C11H20O10/c12-1-4(14)5(15)6(16)7(17)8(18)9-10(19)11(20,2-13)3-21-9/h4-7,9-10,12-17,19-20H,1-3H2/t4-,5-,6+,7-,9?,10+,11?/m1/s1. The molecule has 0 amide bonds. The zero-order valence-electron chi connectivity index (χ0n) is 11.0. The van der Waals surface area contributed by atoms with Crippen molar-refractivity contribution in [3.05, 3.63) is 0 Å². The highest BCUT2D eigenvalue weighted by Gasteiger charge is 2.52. The molecule has 124 valence electrons. The fraction of sp³-hybridized carbons (Fsp3) is 0.909. The van der Waals surface area contributed by atoms with Crippen LogP contribution in [-0.4, -0.2) is 109 Å². The van der Waals surface area contributed by atoms with Crippen LogP contribution in [0.3, 0.4) is 0 Å². The van der Waals surface area contributed by atoms with Gasteiger partial charge in [0.05, 0.1) is 19.8 Å². The Morgan fingerprint density at radius 1 is 1.19 bits per heavy atom. The fourth-order valence-corrected chi connectivity index (χ4v) is 1.93. The SMILES string of the molecule is O=C(C1OCC(O)(CO)[C@H]1O)[C@H](O)[C@@H](O)[C@H](O)[C@H](O)CO. The van der Waals surface area contributed by atoms with Gasteiger partial charge in [-0.2, -0.15) is 0 Å². The predicted octanol–water partition coefficient (Wildman–Crippen LogP) is -5.53. The smallest absolute Gasteiger partial charge is 0.195 e. The van der Waals surface area contributed by atoms with Crippen molar-refractivity contribution >= 4 is 5.78 Å². The monoisotopic (exact) mass is 312 g/mol. The molecule has 0 aliphatic carbocycles. The molecule has 8 N–H and O–H groups in total. The van der Waals surface area contributed by atoms with Crippen molar-refractivity contribution in [1.29, 1.82) is 0 Å². The number of ketones is 1. The lowest BCUT2D eigenvalue weighted by atomic mass is 9.91. The molecule has 1 fully saturated rings. The maximum Gasteiger partial charge on any atom is 0.195 e. The Hall–Kier alpha value is -0.690. The van der Waals surface area contributed by atoms with E-state index in [-0.39, 0.29) is 0 Å². The van der Waals surface area contributed by atoms with Crippen LogP contribution in [0.4, 0.5) is 0 Å². The van der Waals surface area contributed by atoms with Crippen LogP contribution >= 0.6 is 0 Å². The Morgan fingerprint density at radius 3 is 2.19 bits per heavy atom.